The van der Waals surface area contributed by atoms with Crippen molar-refractivity contribution in [1.29, 1.82) is 0 Å². The summed E-state index contributed by atoms with van der Waals surface area (Å²) in [6, 6.07) is 18.8. The number of aryl methyl sites for hydroxylation is 1. The molecule has 1 amide bonds. The number of halogens is 1. The van der Waals surface area contributed by atoms with Crippen LogP contribution in [0.25, 0.3) is 16.6 Å². The Morgan fingerprint density at radius 1 is 1.08 bits per heavy atom. The molecule has 0 aliphatic carbocycles. The van der Waals surface area contributed by atoms with Crippen molar-refractivity contribution in [2.24, 2.45) is 0 Å². The van der Waals surface area contributed by atoms with Gasteiger partial charge in [-0.3, -0.25) is 4.79 Å². The number of rotatable bonds is 8. The number of methoxy groups -OCH3 is 1. The van der Waals surface area contributed by atoms with Gasteiger partial charge < -0.3 is 19.2 Å². The normalized spacial score (nSPS) is 12.8. The third-order valence-corrected chi connectivity index (χ3v) is 5.97. The Kier molecular flexibility index (Phi) is 6.31. The maximum atomic E-state index is 13.4. The van der Waals surface area contributed by atoms with Crippen LogP contribution >= 0.6 is 0 Å². The minimum absolute atomic E-state index is 0.169. The molecule has 0 saturated carbocycles. The quantitative estimate of drug-likeness (QED) is 0.301. The molecule has 0 spiro atoms. The smallest absolute Gasteiger partial charge is 0.312 e. The number of nitrogens with one attached hydrogen (secondary N) is 1. The number of hydrogen-bond donors (Lipinski definition) is 1. The van der Waals surface area contributed by atoms with Crippen molar-refractivity contribution in [3.63, 3.8) is 0 Å². The van der Waals surface area contributed by atoms with Gasteiger partial charge in [-0.2, -0.15) is 5.10 Å². The van der Waals surface area contributed by atoms with Crippen LogP contribution in [0.3, 0.4) is 0 Å². The van der Waals surface area contributed by atoms with Gasteiger partial charge in [0, 0.05) is 24.3 Å². The molecule has 2 aromatic heterocycles. The molecule has 2 heterocycles. The van der Waals surface area contributed by atoms with E-state index in [1.807, 2.05) is 37.3 Å². The highest BCUT2D eigenvalue weighted by atomic mass is 19.1. The summed E-state index contributed by atoms with van der Waals surface area (Å²) < 4.78 is 32.3. The second-order valence-electron chi connectivity index (χ2n) is 8.35. The summed E-state index contributed by atoms with van der Waals surface area (Å²) in [7, 11) is 1.57. The minimum atomic E-state index is -1.28. The number of amides is 1. The van der Waals surface area contributed by atoms with Gasteiger partial charge in [0.05, 0.1) is 24.5 Å². The summed E-state index contributed by atoms with van der Waals surface area (Å²) in [5, 5.41) is 15.8. The van der Waals surface area contributed by atoms with Gasteiger partial charge in [0.25, 0.3) is 0 Å². The Morgan fingerprint density at radius 3 is 2.59 bits per heavy atom. The number of benzene rings is 3. The standard InChI is InChI=1S/C27H24FN5O4/c1-4-27(19-6-5-7-22(15-19)35-3,30-25(34)26-32-31-17(2)36-26)37-23-12-13-24-18(14-23)16-29-33(24)21-10-8-20(28)9-11-21/h5-16H,4H2,1-3H3,(H,30,34). The lowest BCUT2D eigenvalue weighted by atomic mass is 9.98. The van der Waals surface area contributed by atoms with Gasteiger partial charge in [-0.05, 0) is 54.6 Å². The molecule has 188 valence electrons. The second-order valence-corrected chi connectivity index (χ2v) is 8.35. The molecule has 0 aliphatic heterocycles. The molecule has 3 aromatic carbocycles. The number of hydrogen-bond acceptors (Lipinski definition) is 7. The van der Waals surface area contributed by atoms with E-state index in [4.69, 9.17) is 13.9 Å². The number of carbonyl (C=O) groups is 1. The first-order valence-corrected chi connectivity index (χ1v) is 11.6. The molecule has 0 radical (unpaired) electrons. The molecule has 5 aromatic rings. The summed E-state index contributed by atoms with van der Waals surface area (Å²) in [5.41, 5.74) is 0.926. The number of carbonyl (C=O) groups excluding carboxylic acids is 1. The van der Waals surface area contributed by atoms with Gasteiger partial charge in [0.2, 0.25) is 11.6 Å². The van der Waals surface area contributed by atoms with Crippen LogP contribution in [0, 0.1) is 12.7 Å². The van der Waals surface area contributed by atoms with Gasteiger partial charge in [0.15, 0.2) is 0 Å². The molecule has 1 N–H and O–H groups in total. The van der Waals surface area contributed by atoms with Crippen LogP contribution in [0.15, 0.2) is 77.3 Å². The molecule has 0 fully saturated rings. The Bertz CT molecular complexity index is 1560. The molecule has 1 atom stereocenters. The molecule has 0 saturated heterocycles. The van der Waals surface area contributed by atoms with E-state index >= 15 is 0 Å². The van der Waals surface area contributed by atoms with Gasteiger partial charge in [-0.15, -0.1) is 10.2 Å². The van der Waals surface area contributed by atoms with Crippen LogP contribution in [-0.2, 0) is 5.72 Å². The fraction of sp³-hybridized carbons (Fsp3) is 0.185. The van der Waals surface area contributed by atoms with Gasteiger partial charge in [-0.25, -0.2) is 9.07 Å². The molecule has 5 rings (SSSR count). The Morgan fingerprint density at radius 2 is 1.89 bits per heavy atom. The average Bonchev–Trinajstić information content (AvgIpc) is 3.55. The number of aromatic nitrogens is 4. The topological polar surface area (TPSA) is 104 Å². The number of ether oxygens (including phenoxy) is 2. The number of nitrogens with zero attached hydrogens (tertiary/aromatic N) is 4. The summed E-state index contributed by atoms with van der Waals surface area (Å²) in [6.07, 6.45) is 2.07. The minimum Gasteiger partial charge on any atom is -0.497 e. The number of fused-ring (bicyclic) bond motifs is 1. The van der Waals surface area contributed by atoms with Gasteiger partial charge in [-0.1, -0.05) is 19.1 Å². The van der Waals surface area contributed by atoms with E-state index < -0.39 is 11.6 Å². The van der Waals surface area contributed by atoms with Crippen LogP contribution in [0.4, 0.5) is 4.39 Å². The Labute approximate surface area is 211 Å². The van der Waals surface area contributed by atoms with Crippen molar-refractivity contribution in [3.8, 4) is 17.2 Å². The van der Waals surface area contributed by atoms with E-state index in [9.17, 15) is 9.18 Å². The zero-order chi connectivity index (χ0) is 26.0. The highest BCUT2D eigenvalue weighted by molar-refractivity contribution is 5.90. The molecule has 9 nitrogen and oxygen atoms in total. The van der Waals surface area contributed by atoms with Crippen molar-refractivity contribution in [2.45, 2.75) is 26.0 Å². The largest absolute Gasteiger partial charge is 0.497 e. The highest BCUT2D eigenvalue weighted by Crippen LogP contribution is 2.33. The van der Waals surface area contributed by atoms with E-state index in [0.717, 1.165) is 16.6 Å². The summed E-state index contributed by atoms with van der Waals surface area (Å²) in [4.78, 5) is 13.1. The molecule has 10 heteroatoms. The highest BCUT2D eigenvalue weighted by Gasteiger charge is 2.37. The summed E-state index contributed by atoms with van der Waals surface area (Å²) >= 11 is 0. The predicted molar refractivity (Wildman–Crippen MR) is 133 cm³/mol. The maximum absolute atomic E-state index is 13.4. The summed E-state index contributed by atoms with van der Waals surface area (Å²) in [6.45, 7) is 3.50. The average molecular weight is 502 g/mol. The van der Waals surface area contributed by atoms with E-state index in [1.54, 1.807) is 49.2 Å². The second kappa shape index (κ2) is 9.73. The lowest BCUT2D eigenvalue weighted by molar-refractivity contribution is 0.0211. The van der Waals surface area contributed by atoms with Crippen LogP contribution in [0.2, 0.25) is 0 Å². The third kappa shape index (κ3) is 4.73. The molecular formula is C27H24FN5O4. The lowest BCUT2D eigenvalue weighted by Crippen LogP contribution is -2.50. The van der Waals surface area contributed by atoms with Crippen LogP contribution in [0.5, 0.6) is 11.5 Å². The molecule has 1 unspecified atom stereocenters. The SMILES string of the molecule is CCC(NC(=O)c1nnc(C)o1)(Oc1ccc2c(cnn2-c2ccc(F)cc2)c1)c1cccc(OC)c1. The van der Waals surface area contributed by atoms with Gasteiger partial charge >= 0.3 is 11.8 Å². The van der Waals surface area contributed by atoms with E-state index in [2.05, 4.69) is 20.6 Å². The zero-order valence-electron chi connectivity index (χ0n) is 20.4. The van der Waals surface area contributed by atoms with Crippen molar-refractivity contribution < 1.29 is 23.1 Å². The van der Waals surface area contributed by atoms with E-state index in [0.29, 0.717) is 23.5 Å². The maximum Gasteiger partial charge on any atom is 0.312 e. The van der Waals surface area contributed by atoms with Crippen molar-refractivity contribution >= 4 is 16.8 Å². The first-order valence-electron chi connectivity index (χ1n) is 11.6. The van der Waals surface area contributed by atoms with Crippen molar-refractivity contribution in [3.05, 3.63) is 96.1 Å². The van der Waals surface area contributed by atoms with Crippen LogP contribution < -0.4 is 14.8 Å². The van der Waals surface area contributed by atoms with Crippen LogP contribution in [0.1, 0.15) is 35.5 Å². The Hall–Kier alpha value is -4.73. The lowest BCUT2D eigenvalue weighted by Gasteiger charge is -2.34. The third-order valence-electron chi connectivity index (χ3n) is 5.97. The van der Waals surface area contributed by atoms with Crippen LogP contribution in [-0.4, -0.2) is 33.0 Å². The van der Waals surface area contributed by atoms with E-state index in [1.165, 1.54) is 12.1 Å². The van der Waals surface area contributed by atoms with Crippen molar-refractivity contribution in [2.75, 3.05) is 7.11 Å². The van der Waals surface area contributed by atoms with Gasteiger partial charge in [0.1, 0.15) is 17.3 Å². The molecule has 0 bridgehead atoms. The molecular weight excluding hydrogens is 477 g/mol. The molecule has 37 heavy (non-hydrogen) atoms. The fourth-order valence-corrected chi connectivity index (χ4v) is 4.08. The zero-order valence-corrected chi connectivity index (χ0v) is 20.4. The fourth-order valence-electron chi connectivity index (χ4n) is 4.08. The molecule has 0 aliphatic rings. The first kappa shape index (κ1) is 24.0. The Balaban J connectivity index is 1.53. The first-order chi connectivity index (χ1) is 17.9. The predicted octanol–water partition coefficient (Wildman–Crippen LogP) is 4.94. The van der Waals surface area contributed by atoms with E-state index in [-0.39, 0.29) is 17.6 Å². The summed E-state index contributed by atoms with van der Waals surface area (Å²) in [5.74, 6) is 0.323. The monoisotopic (exact) mass is 501 g/mol. The van der Waals surface area contributed by atoms with Crippen molar-refractivity contribution in [1.82, 2.24) is 25.3 Å².